The number of urea groups is 1. The van der Waals surface area contributed by atoms with Crippen LogP contribution in [-0.4, -0.2) is 55.7 Å². The summed E-state index contributed by atoms with van der Waals surface area (Å²) in [5.41, 5.74) is 0.726. The van der Waals surface area contributed by atoms with E-state index < -0.39 is 0 Å². The van der Waals surface area contributed by atoms with Crippen molar-refractivity contribution in [1.29, 1.82) is 0 Å². The first-order valence-electron chi connectivity index (χ1n) is 8.05. The number of benzene rings is 1. The van der Waals surface area contributed by atoms with Crippen molar-refractivity contribution >= 4 is 11.7 Å². The van der Waals surface area contributed by atoms with E-state index in [1.165, 1.54) is 0 Å². The summed E-state index contributed by atoms with van der Waals surface area (Å²) >= 11 is 0. The highest BCUT2D eigenvalue weighted by molar-refractivity contribution is 5.91. The van der Waals surface area contributed by atoms with Gasteiger partial charge in [-0.15, -0.1) is 0 Å². The number of hydrogen-bond acceptors (Lipinski definition) is 3. The van der Waals surface area contributed by atoms with Gasteiger partial charge in [-0.1, -0.05) is 19.1 Å². The lowest BCUT2D eigenvalue weighted by molar-refractivity contribution is 0.139. The fraction of sp³-hybridized carbons (Fsp3) is 0.588. The van der Waals surface area contributed by atoms with Gasteiger partial charge in [-0.3, -0.25) is 0 Å². The fourth-order valence-corrected chi connectivity index (χ4v) is 2.93. The minimum Gasteiger partial charge on any atom is -0.495 e. The van der Waals surface area contributed by atoms with Crippen LogP contribution in [0.1, 0.15) is 26.2 Å². The van der Waals surface area contributed by atoms with E-state index in [0.29, 0.717) is 11.8 Å². The topological polar surface area (TPSA) is 44.8 Å². The number of ether oxygens (including phenoxy) is 1. The molecule has 1 aromatic carbocycles. The van der Waals surface area contributed by atoms with Gasteiger partial charge in [0.2, 0.25) is 0 Å². The molecule has 1 N–H and O–H groups in total. The van der Waals surface area contributed by atoms with Crippen LogP contribution in [0.3, 0.4) is 0 Å². The summed E-state index contributed by atoms with van der Waals surface area (Å²) in [7, 11) is 3.75. The zero-order valence-corrected chi connectivity index (χ0v) is 13.8. The van der Waals surface area contributed by atoms with Crippen LogP contribution in [0, 0.1) is 0 Å². The van der Waals surface area contributed by atoms with Crippen LogP contribution < -0.4 is 10.1 Å². The molecule has 0 saturated carbocycles. The van der Waals surface area contributed by atoms with E-state index in [0.717, 1.165) is 44.6 Å². The summed E-state index contributed by atoms with van der Waals surface area (Å²) in [4.78, 5) is 17.0. The van der Waals surface area contributed by atoms with Gasteiger partial charge in [0.05, 0.1) is 12.8 Å². The molecule has 0 atom stereocenters. The Hall–Kier alpha value is -1.75. The van der Waals surface area contributed by atoms with E-state index in [9.17, 15) is 4.79 Å². The first-order chi connectivity index (χ1) is 10.7. The van der Waals surface area contributed by atoms with Crippen LogP contribution in [0.5, 0.6) is 5.75 Å². The number of anilines is 1. The molecule has 5 heteroatoms. The molecule has 0 bridgehead atoms. The van der Waals surface area contributed by atoms with Crippen molar-refractivity contribution in [1.82, 2.24) is 9.80 Å². The standard InChI is InChI=1S/C17H27N3O2/c1-4-11-20(14-9-12-19(2)13-10-14)17(21)18-15-7-5-6-8-16(15)22-3/h5-8,14H,4,9-13H2,1-3H3,(H,18,21). The number of amides is 2. The lowest BCUT2D eigenvalue weighted by Gasteiger charge is -2.37. The lowest BCUT2D eigenvalue weighted by atomic mass is 10.0. The third kappa shape index (κ3) is 4.13. The van der Waals surface area contributed by atoms with E-state index in [2.05, 4.69) is 24.2 Å². The van der Waals surface area contributed by atoms with Crippen molar-refractivity contribution < 1.29 is 9.53 Å². The molecule has 0 radical (unpaired) electrons. The van der Waals surface area contributed by atoms with Crippen molar-refractivity contribution in [2.75, 3.05) is 39.1 Å². The molecule has 2 rings (SSSR count). The largest absolute Gasteiger partial charge is 0.495 e. The van der Waals surface area contributed by atoms with Crippen LogP contribution in [-0.2, 0) is 0 Å². The number of likely N-dealkylation sites (tertiary alicyclic amines) is 1. The first-order valence-corrected chi connectivity index (χ1v) is 8.05. The second-order valence-electron chi connectivity index (χ2n) is 5.86. The maximum absolute atomic E-state index is 12.7. The Morgan fingerprint density at radius 3 is 2.68 bits per heavy atom. The molecule has 2 amide bonds. The number of nitrogens with zero attached hydrogens (tertiary/aromatic N) is 2. The van der Waals surface area contributed by atoms with Gasteiger partial charge in [-0.25, -0.2) is 4.79 Å². The zero-order chi connectivity index (χ0) is 15.9. The van der Waals surface area contributed by atoms with Gasteiger partial charge in [0.25, 0.3) is 0 Å². The Balaban J connectivity index is 2.06. The van der Waals surface area contributed by atoms with Gasteiger partial charge in [0.1, 0.15) is 5.75 Å². The third-order valence-electron chi connectivity index (χ3n) is 4.20. The van der Waals surface area contributed by atoms with Gasteiger partial charge >= 0.3 is 6.03 Å². The first kappa shape index (κ1) is 16.6. The molecular formula is C17H27N3O2. The highest BCUT2D eigenvalue weighted by Crippen LogP contribution is 2.24. The van der Waals surface area contributed by atoms with Crippen molar-refractivity contribution in [3.05, 3.63) is 24.3 Å². The molecule has 22 heavy (non-hydrogen) atoms. The summed E-state index contributed by atoms with van der Waals surface area (Å²) in [6.07, 6.45) is 3.04. The normalized spacial score (nSPS) is 16.3. The van der Waals surface area contributed by atoms with Gasteiger partial charge in [0, 0.05) is 12.6 Å². The number of hydrogen-bond donors (Lipinski definition) is 1. The van der Waals surface area contributed by atoms with Crippen molar-refractivity contribution in [2.45, 2.75) is 32.2 Å². The number of carbonyl (C=O) groups is 1. The molecule has 1 fully saturated rings. The molecule has 1 aromatic rings. The third-order valence-corrected chi connectivity index (χ3v) is 4.20. The number of para-hydroxylation sites is 2. The van der Waals surface area contributed by atoms with Crippen LogP contribution >= 0.6 is 0 Å². The molecular weight excluding hydrogens is 278 g/mol. The second-order valence-corrected chi connectivity index (χ2v) is 5.86. The molecule has 1 aliphatic heterocycles. The quantitative estimate of drug-likeness (QED) is 0.909. The highest BCUT2D eigenvalue weighted by Gasteiger charge is 2.26. The molecule has 0 unspecified atom stereocenters. The Morgan fingerprint density at radius 2 is 2.05 bits per heavy atom. The van der Waals surface area contributed by atoms with E-state index >= 15 is 0 Å². The zero-order valence-electron chi connectivity index (χ0n) is 13.8. The smallest absolute Gasteiger partial charge is 0.322 e. The van der Waals surface area contributed by atoms with Crippen LogP contribution in [0.25, 0.3) is 0 Å². The maximum Gasteiger partial charge on any atom is 0.322 e. The second kappa shape index (κ2) is 8.03. The predicted molar refractivity (Wildman–Crippen MR) is 89.5 cm³/mol. The number of rotatable bonds is 5. The Morgan fingerprint density at radius 1 is 1.36 bits per heavy atom. The van der Waals surface area contributed by atoms with E-state index in [1.807, 2.05) is 29.2 Å². The number of carbonyl (C=O) groups excluding carboxylic acids is 1. The molecule has 5 nitrogen and oxygen atoms in total. The summed E-state index contributed by atoms with van der Waals surface area (Å²) in [6.45, 7) is 4.99. The van der Waals surface area contributed by atoms with Crippen molar-refractivity contribution in [3.8, 4) is 5.75 Å². The summed E-state index contributed by atoms with van der Waals surface area (Å²) in [5, 5.41) is 3.00. The van der Waals surface area contributed by atoms with E-state index in [4.69, 9.17) is 4.74 Å². The minimum absolute atomic E-state index is 0.0269. The van der Waals surface area contributed by atoms with Crippen LogP contribution in [0.15, 0.2) is 24.3 Å². The number of piperidine rings is 1. The molecule has 0 aliphatic carbocycles. The SMILES string of the molecule is CCCN(C(=O)Nc1ccccc1OC)C1CCN(C)CC1. The van der Waals surface area contributed by atoms with Gasteiger partial charge in [-0.05, 0) is 51.5 Å². The van der Waals surface area contributed by atoms with Gasteiger partial charge in [-0.2, -0.15) is 0 Å². The van der Waals surface area contributed by atoms with E-state index in [-0.39, 0.29) is 6.03 Å². The highest BCUT2D eigenvalue weighted by atomic mass is 16.5. The molecule has 1 heterocycles. The fourth-order valence-electron chi connectivity index (χ4n) is 2.93. The maximum atomic E-state index is 12.7. The van der Waals surface area contributed by atoms with Crippen molar-refractivity contribution in [2.24, 2.45) is 0 Å². The Kier molecular flexibility index (Phi) is 6.07. The van der Waals surface area contributed by atoms with E-state index in [1.54, 1.807) is 7.11 Å². The predicted octanol–water partition coefficient (Wildman–Crippen LogP) is 3.03. The molecule has 0 aromatic heterocycles. The van der Waals surface area contributed by atoms with Crippen LogP contribution in [0.2, 0.25) is 0 Å². The lowest BCUT2D eigenvalue weighted by Crippen LogP contribution is -2.48. The molecule has 0 spiro atoms. The van der Waals surface area contributed by atoms with Crippen LogP contribution in [0.4, 0.5) is 10.5 Å². The molecule has 1 saturated heterocycles. The Bertz CT molecular complexity index is 485. The minimum atomic E-state index is -0.0269. The number of nitrogens with one attached hydrogen (secondary N) is 1. The Labute approximate surface area is 133 Å². The molecule has 1 aliphatic rings. The summed E-state index contributed by atoms with van der Waals surface area (Å²) < 4.78 is 5.31. The van der Waals surface area contributed by atoms with Gasteiger partial charge < -0.3 is 19.9 Å². The molecule has 122 valence electrons. The monoisotopic (exact) mass is 305 g/mol. The number of methoxy groups -OCH3 is 1. The summed E-state index contributed by atoms with van der Waals surface area (Å²) in [6, 6.07) is 7.82. The summed E-state index contributed by atoms with van der Waals surface area (Å²) in [5.74, 6) is 0.690. The average molecular weight is 305 g/mol. The van der Waals surface area contributed by atoms with Gasteiger partial charge in [0.15, 0.2) is 0 Å². The average Bonchev–Trinajstić information content (AvgIpc) is 2.54. The van der Waals surface area contributed by atoms with Crippen molar-refractivity contribution in [3.63, 3.8) is 0 Å².